The van der Waals surface area contributed by atoms with Gasteiger partial charge in [0.05, 0.1) is 13.2 Å². The highest BCUT2D eigenvalue weighted by Crippen LogP contribution is 2.10. The summed E-state index contributed by atoms with van der Waals surface area (Å²) in [5.41, 5.74) is 8.25. The van der Waals surface area contributed by atoms with Crippen molar-refractivity contribution in [3.05, 3.63) is 65.5 Å². The normalized spacial score (nSPS) is 9.68. The molecule has 100 valence electrons. The average molecular weight is 278 g/mol. The molecule has 0 amide bonds. The smallest absolute Gasteiger partial charge is 0.123 e. The van der Waals surface area contributed by atoms with Gasteiger partial charge >= 0.3 is 0 Å². The number of nitrogens with two attached hydrogens (primary N) is 1. The van der Waals surface area contributed by atoms with Crippen LogP contribution in [0, 0.1) is 5.41 Å². The molecule has 0 saturated heterocycles. The van der Waals surface area contributed by atoms with Crippen molar-refractivity contribution in [1.29, 1.82) is 5.41 Å². The van der Waals surface area contributed by atoms with Gasteiger partial charge in [-0.1, -0.05) is 24.3 Å². The number of nitrogens with one attached hydrogen (secondary N) is 1. The van der Waals surface area contributed by atoms with E-state index in [9.17, 15) is 0 Å². The minimum atomic E-state index is 0. The predicted octanol–water partition coefficient (Wildman–Crippen LogP) is 2.50. The van der Waals surface area contributed by atoms with Gasteiger partial charge in [-0.05, 0) is 23.3 Å². The maximum Gasteiger partial charge on any atom is 0.123 e. The van der Waals surface area contributed by atoms with Crippen molar-refractivity contribution in [1.82, 2.24) is 4.98 Å². The van der Waals surface area contributed by atoms with Crippen molar-refractivity contribution in [2.24, 2.45) is 5.73 Å². The summed E-state index contributed by atoms with van der Waals surface area (Å²) in [6.07, 6.45) is 3.48. The lowest BCUT2D eigenvalue weighted by atomic mass is 10.1. The first-order valence-electron chi connectivity index (χ1n) is 5.66. The van der Waals surface area contributed by atoms with Gasteiger partial charge in [0.25, 0.3) is 0 Å². The first-order valence-corrected chi connectivity index (χ1v) is 5.66. The van der Waals surface area contributed by atoms with Crippen molar-refractivity contribution < 1.29 is 4.74 Å². The van der Waals surface area contributed by atoms with Crippen LogP contribution in [0.2, 0.25) is 0 Å². The molecule has 0 aliphatic rings. The van der Waals surface area contributed by atoms with Crippen LogP contribution in [0.25, 0.3) is 0 Å². The van der Waals surface area contributed by atoms with E-state index in [0.29, 0.717) is 13.2 Å². The lowest BCUT2D eigenvalue weighted by molar-refractivity contribution is 0.107. The maximum atomic E-state index is 7.49. The standard InChI is InChI=1S/C14H15N3O.ClH/c15-14(16)13-4-2-1-3-12(13)10-18-9-11-5-7-17-8-6-11;/h1-8H,9-10H2,(H3,15,16);1H. The highest BCUT2D eigenvalue weighted by atomic mass is 35.5. The van der Waals surface area contributed by atoms with E-state index in [4.69, 9.17) is 15.9 Å². The molecule has 0 radical (unpaired) electrons. The zero-order valence-electron chi connectivity index (χ0n) is 10.4. The van der Waals surface area contributed by atoms with Crippen LogP contribution in [0.4, 0.5) is 0 Å². The summed E-state index contributed by atoms with van der Waals surface area (Å²) in [7, 11) is 0. The summed E-state index contributed by atoms with van der Waals surface area (Å²) in [6, 6.07) is 11.4. The van der Waals surface area contributed by atoms with E-state index in [0.717, 1.165) is 16.7 Å². The first-order chi connectivity index (χ1) is 8.77. The molecule has 0 atom stereocenters. The van der Waals surface area contributed by atoms with E-state index in [2.05, 4.69) is 4.98 Å². The number of rotatable bonds is 5. The van der Waals surface area contributed by atoms with E-state index < -0.39 is 0 Å². The van der Waals surface area contributed by atoms with Crippen molar-refractivity contribution in [3.8, 4) is 0 Å². The molecule has 0 spiro atoms. The van der Waals surface area contributed by atoms with Gasteiger partial charge in [-0.15, -0.1) is 12.4 Å². The molecule has 0 aliphatic carbocycles. The second-order valence-electron chi connectivity index (χ2n) is 3.92. The zero-order valence-corrected chi connectivity index (χ0v) is 11.2. The van der Waals surface area contributed by atoms with E-state index in [1.165, 1.54) is 0 Å². The van der Waals surface area contributed by atoms with Crippen LogP contribution in [0.3, 0.4) is 0 Å². The molecular weight excluding hydrogens is 262 g/mol. The number of pyridine rings is 1. The summed E-state index contributed by atoms with van der Waals surface area (Å²) in [5.74, 6) is 0.0677. The number of halogens is 1. The first kappa shape index (κ1) is 15.1. The van der Waals surface area contributed by atoms with Gasteiger partial charge in [-0.25, -0.2) is 0 Å². The molecule has 0 aliphatic heterocycles. The Bertz CT molecular complexity index is 531. The third-order valence-corrected chi connectivity index (χ3v) is 2.58. The van der Waals surface area contributed by atoms with Gasteiger partial charge in [0, 0.05) is 18.0 Å². The molecule has 0 bridgehead atoms. The number of benzene rings is 1. The maximum absolute atomic E-state index is 7.49. The van der Waals surface area contributed by atoms with Crippen molar-refractivity contribution >= 4 is 18.2 Å². The zero-order chi connectivity index (χ0) is 12.8. The fourth-order valence-corrected chi connectivity index (χ4v) is 1.67. The summed E-state index contributed by atoms with van der Waals surface area (Å²) in [6.45, 7) is 0.965. The van der Waals surface area contributed by atoms with Crippen molar-refractivity contribution in [2.45, 2.75) is 13.2 Å². The Labute approximate surface area is 118 Å². The third kappa shape index (κ3) is 4.35. The van der Waals surface area contributed by atoms with E-state index in [-0.39, 0.29) is 18.2 Å². The molecule has 3 N–H and O–H groups in total. The second-order valence-corrected chi connectivity index (χ2v) is 3.92. The second kappa shape index (κ2) is 7.51. The molecule has 1 aromatic heterocycles. The lowest BCUT2D eigenvalue weighted by Crippen LogP contribution is -2.14. The highest BCUT2D eigenvalue weighted by molar-refractivity contribution is 5.96. The minimum Gasteiger partial charge on any atom is -0.384 e. The minimum absolute atomic E-state index is 0. The Balaban J connectivity index is 0.00000180. The number of nitrogens with zero attached hydrogens (tertiary/aromatic N) is 1. The summed E-state index contributed by atoms with van der Waals surface area (Å²) in [4.78, 5) is 3.95. The summed E-state index contributed by atoms with van der Waals surface area (Å²) >= 11 is 0. The Kier molecular flexibility index (Phi) is 5.99. The summed E-state index contributed by atoms with van der Waals surface area (Å²) < 4.78 is 5.62. The third-order valence-electron chi connectivity index (χ3n) is 2.58. The van der Waals surface area contributed by atoms with E-state index in [1.54, 1.807) is 12.4 Å². The van der Waals surface area contributed by atoms with Crippen molar-refractivity contribution in [3.63, 3.8) is 0 Å². The van der Waals surface area contributed by atoms with Crippen LogP contribution >= 0.6 is 12.4 Å². The fraction of sp³-hybridized carbons (Fsp3) is 0.143. The molecule has 4 nitrogen and oxygen atoms in total. The van der Waals surface area contributed by atoms with Crippen LogP contribution in [0.5, 0.6) is 0 Å². The van der Waals surface area contributed by atoms with E-state index in [1.807, 2.05) is 36.4 Å². The number of ether oxygens (including phenoxy) is 1. The largest absolute Gasteiger partial charge is 0.384 e. The molecule has 1 heterocycles. The quantitative estimate of drug-likeness (QED) is 0.651. The number of amidine groups is 1. The van der Waals surface area contributed by atoms with Crippen LogP contribution in [0.15, 0.2) is 48.8 Å². The van der Waals surface area contributed by atoms with Gasteiger partial charge < -0.3 is 10.5 Å². The molecular formula is C14H16ClN3O. The topological polar surface area (TPSA) is 72.0 Å². The molecule has 1 aromatic carbocycles. The monoisotopic (exact) mass is 277 g/mol. The number of hydrogen-bond acceptors (Lipinski definition) is 3. The van der Waals surface area contributed by atoms with Gasteiger partial charge in [0.2, 0.25) is 0 Å². The van der Waals surface area contributed by atoms with Crippen LogP contribution in [-0.2, 0) is 18.0 Å². The Morgan fingerprint density at radius 1 is 1.11 bits per heavy atom. The fourth-order valence-electron chi connectivity index (χ4n) is 1.67. The Morgan fingerprint density at radius 2 is 1.79 bits per heavy atom. The molecule has 0 unspecified atom stereocenters. The number of aromatic nitrogens is 1. The average Bonchev–Trinajstić information content (AvgIpc) is 2.40. The number of hydrogen-bond donors (Lipinski definition) is 2. The van der Waals surface area contributed by atoms with Gasteiger partial charge in [-0.2, -0.15) is 0 Å². The van der Waals surface area contributed by atoms with Crippen LogP contribution < -0.4 is 5.73 Å². The Hall–Kier alpha value is -1.91. The number of nitrogen functional groups attached to an aromatic ring is 1. The molecule has 5 heteroatoms. The SMILES string of the molecule is Cl.N=C(N)c1ccccc1COCc1ccncc1. The van der Waals surface area contributed by atoms with Crippen LogP contribution in [-0.4, -0.2) is 10.8 Å². The van der Waals surface area contributed by atoms with Gasteiger partial charge in [-0.3, -0.25) is 10.4 Å². The Morgan fingerprint density at radius 3 is 2.47 bits per heavy atom. The van der Waals surface area contributed by atoms with E-state index >= 15 is 0 Å². The molecule has 2 rings (SSSR count). The van der Waals surface area contributed by atoms with Gasteiger partial charge in [0.1, 0.15) is 5.84 Å². The van der Waals surface area contributed by atoms with Crippen molar-refractivity contribution in [2.75, 3.05) is 0 Å². The highest BCUT2D eigenvalue weighted by Gasteiger charge is 2.04. The summed E-state index contributed by atoms with van der Waals surface area (Å²) in [5, 5.41) is 7.49. The molecule has 0 fully saturated rings. The molecule has 19 heavy (non-hydrogen) atoms. The molecule has 0 saturated carbocycles. The van der Waals surface area contributed by atoms with Gasteiger partial charge in [0.15, 0.2) is 0 Å². The lowest BCUT2D eigenvalue weighted by Gasteiger charge is -2.08. The predicted molar refractivity (Wildman–Crippen MR) is 77.4 cm³/mol. The van der Waals surface area contributed by atoms with Crippen LogP contribution in [0.1, 0.15) is 16.7 Å². The molecule has 2 aromatic rings.